The Morgan fingerprint density at radius 3 is 1.91 bits per heavy atom. The molecule has 0 bridgehead atoms. The van der Waals surface area contributed by atoms with Gasteiger partial charge in [0.05, 0.1) is 21.1 Å². The Kier molecular flexibility index (Phi) is 17.0. The average molecular weight is 677 g/mol. The second kappa shape index (κ2) is 20.4. The average Bonchev–Trinajstić information content (AvgIpc) is 3.01. The van der Waals surface area contributed by atoms with E-state index in [1.54, 1.807) is 18.2 Å². The smallest absolute Gasteiger partial charge is 0.365 e. The third-order valence-corrected chi connectivity index (χ3v) is 8.24. The van der Waals surface area contributed by atoms with Crippen LogP contribution in [0.2, 0.25) is 0 Å². The summed E-state index contributed by atoms with van der Waals surface area (Å²) < 4.78 is 17.4. The number of carbonyl (C=O) groups excluding carboxylic acids is 1. The first-order chi connectivity index (χ1) is 22.5. The first-order valence-electron chi connectivity index (χ1n) is 16.5. The van der Waals surface area contributed by atoms with Crippen molar-refractivity contribution < 1.29 is 28.6 Å². The minimum Gasteiger partial charge on any atom is -0.423 e. The van der Waals surface area contributed by atoms with Crippen molar-refractivity contribution in [3.63, 3.8) is 0 Å². The maximum absolute atomic E-state index is 12.7. The Balaban J connectivity index is 2.90. The van der Waals surface area contributed by atoms with E-state index in [4.69, 9.17) is 4.52 Å². The molecule has 2 rings (SSSR count). The van der Waals surface area contributed by atoms with E-state index in [2.05, 4.69) is 34.3 Å². The van der Waals surface area contributed by atoms with Gasteiger partial charge in [0.25, 0.3) is 5.69 Å². The summed E-state index contributed by atoms with van der Waals surface area (Å²) in [6.07, 6.45) is 8.19. The van der Waals surface area contributed by atoms with Gasteiger partial charge in [-0.15, -0.1) is 10.2 Å². The zero-order valence-corrected chi connectivity index (χ0v) is 29.2. The van der Waals surface area contributed by atoms with Crippen LogP contribution in [0.4, 0.5) is 34.1 Å². The van der Waals surface area contributed by atoms with Crippen LogP contribution in [0.15, 0.2) is 28.4 Å². The summed E-state index contributed by atoms with van der Waals surface area (Å²) in [5, 5.41) is 36.5. The van der Waals surface area contributed by atoms with Crippen LogP contribution in [0.5, 0.6) is 5.75 Å². The normalized spacial score (nSPS) is 11.9. The summed E-state index contributed by atoms with van der Waals surface area (Å²) in [5.41, 5.74) is -0.514. The highest BCUT2D eigenvalue weighted by Gasteiger charge is 2.38. The summed E-state index contributed by atoms with van der Waals surface area (Å²) in [6.45, 7) is 10.8. The predicted octanol–water partition coefficient (Wildman–Crippen LogP) is 9.51. The van der Waals surface area contributed by atoms with Gasteiger partial charge in [0.15, 0.2) is 5.75 Å². The number of unbranched alkanes of at least 4 members (excludes halogenated alkanes) is 8. The van der Waals surface area contributed by atoms with Crippen LogP contribution in [0.3, 0.4) is 0 Å². The molecule has 2 aromatic carbocycles. The zero-order chi connectivity index (χ0) is 34.9. The lowest BCUT2D eigenvalue weighted by Crippen LogP contribution is -2.21. The van der Waals surface area contributed by atoms with Gasteiger partial charge in [0.1, 0.15) is 11.3 Å². The summed E-state index contributed by atoms with van der Waals surface area (Å²) in [6, 6.07) is 5.07. The molecule has 2 N–H and O–H groups in total. The Bertz CT molecular complexity index is 1430. The molecule has 0 aliphatic rings. The summed E-state index contributed by atoms with van der Waals surface area (Å²) >= 11 is 0. The highest BCUT2D eigenvalue weighted by Crippen LogP contribution is 2.52. The molecule has 0 aliphatic heterocycles. The first-order valence-corrected chi connectivity index (χ1v) is 17.8. The Morgan fingerprint density at radius 1 is 0.872 bits per heavy atom. The third kappa shape index (κ3) is 11.7. The number of amides is 1. The maximum Gasteiger partial charge on any atom is 0.365 e. The second-order valence-electron chi connectivity index (χ2n) is 11.3. The lowest BCUT2D eigenvalue weighted by atomic mass is 9.94. The van der Waals surface area contributed by atoms with E-state index in [0.29, 0.717) is 38.0 Å². The molecule has 15 heteroatoms. The van der Waals surface area contributed by atoms with Crippen LogP contribution in [-0.2, 0) is 22.2 Å². The quantitative estimate of drug-likeness (QED) is 0.0402. The molecule has 0 saturated carbocycles. The van der Waals surface area contributed by atoms with E-state index in [-0.39, 0.29) is 35.6 Å². The van der Waals surface area contributed by atoms with Gasteiger partial charge >= 0.3 is 13.9 Å². The molecule has 0 spiro atoms. The number of hydrogen-bond donors (Lipinski definition) is 2. The maximum atomic E-state index is 12.7. The van der Waals surface area contributed by atoms with E-state index in [9.17, 15) is 34.5 Å². The molecule has 0 aromatic heterocycles. The van der Waals surface area contributed by atoms with Crippen LogP contribution in [-0.4, -0.2) is 33.7 Å². The summed E-state index contributed by atoms with van der Waals surface area (Å²) in [7, 11) is -3.78. The molecule has 0 radical (unpaired) electrons. The Hall–Kier alpha value is -3.90. The second-order valence-corrected chi connectivity index (χ2v) is 12.0. The van der Waals surface area contributed by atoms with Gasteiger partial charge in [-0.3, -0.25) is 25.0 Å². The lowest BCUT2D eigenvalue weighted by Gasteiger charge is -2.22. The van der Waals surface area contributed by atoms with E-state index >= 15 is 0 Å². The number of nitrogens with one attached hydrogen (secondary N) is 1. The SMILES string of the molecule is CCCCCCCc1c(O[PH](=O)O)c(N=Nc2ccc(N(CC)CC)cc2NC(C)=O)c([N+](=O)[O-])c(CCCCCCC)c1[N+](=O)[O-]. The molecule has 1 unspecified atom stereocenters. The molecular weight excluding hydrogens is 627 g/mol. The fraction of sp³-hybridized carbons (Fsp3) is 0.594. The van der Waals surface area contributed by atoms with E-state index in [1.807, 2.05) is 13.8 Å². The number of carbonyl (C=O) groups is 1. The standard InChI is InChI=1S/C32H49N6O8P/c1-6-10-12-14-16-18-25-30(37(40)41)26(19-17-15-13-11-7-2)32(46-47(44)45)29(31(25)38(42)43)35-34-27-21-20-24(36(8-3)9-4)22-28(27)33-23(5)39/h20-22,47H,6-19H2,1-5H3,(H,33,39)(H,44,45). The number of hydrogen-bond acceptors (Lipinski definition) is 10. The van der Waals surface area contributed by atoms with Gasteiger partial charge in [-0.1, -0.05) is 65.2 Å². The molecule has 47 heavy (non-hydrogen) atoms. The number of benzene rings is 2. The molecule has 0 heterocycles. The largest absolute Gasteiger partial charge is 0.423 e. The van der Waals surface area contributed by atoms with Crippen molar-refractivity contribution in [3.05, 3.63) is 49.6 Å². The molecule has 14 nitrogen and oxygen atoms in total. The van der Waals surface area contributed by atoms with Crippen molar-refractivity contribution in [3.8, 4) is 5.75 Å². The van der Waals surface area contributed by atoms with E-state index < -0.39 is 40.9 Å². The number of azo groups is 1. The predicted molar refractivity (Wildman–Crippen MR) is 185 cm³/mol. The minimum atomic E-state index is -3.78. The topological polar surface area (TPSA) is 190 Å². The number of nitro benzene ring substituents is 2. The number of nitro groups is 2. The van der Waals surface area contributed by atoms with Crippen molar-refractivity contribution in [2.45, 2.75) is 112 Å². The van der Waals surface area contributed by atoms with Crippen molar-refractivity contribution in [1.82, 2.24) is 0 Å². The van der Waals surface area contributed by atoms with E-state index in [1.165, 1.54) is 6.92 Å². The summed E-state index contributed by atoms with van der Waals surface area (Å²) in [5.74, 6) is -0.873. The number of anilines is 2. The van der Waals surface area contributed by atoms with Crippen molar-refractivity contribution in [2.75, 3.05) is 23.3 Å². The van der Waals surface area contributed by atoms with Crippen LogP contribution in [0.25, 0.3) is 0 Å². The fourth-order valence-electron chi connectivity index (χ4n) is 5.57. The Morgan fingerprint density at radius 2 is 1.43 bits per heavy atom. The zero-order valence-electron chi connectivity index (χ0n) is 28.2. The van der Waals surface area contributed by atoms with Gasteiger partial charge in [-0.2, -0.15) is 0 Å². The van der Waals surface area contributed by atoms with Gasteiger partial charge < -0.3 is 19.6 Å². The summed E-state index contributed by atoms with van der Waals surface area (Å²) in [4.78, 5) is 47.8. The van der Waals surface area contributed by atoms with Crippen LogP contribution >= 0.6 is 8.25 Å². The van der Waals surface area contributed by atoms with Crippen LogP contribution in [0.1, 0.15) is 110 Å². The molecule has 260 valence electrons. The van der Waals surface area contributed by atoms with Crippen molar-refractivity contribution in [2.24, 2.45) is 10.2 Å². The van der Waals surface area contributed by atoms with Gasteiger partial charge in [-0.05, 0) is 57.7 Å². The first kappa shape index (κ1) is 39.3. The number of nitrogens with zero attached hydrogens (tertiary/aromatic N) is 5. The molecule has 1 atom stereocenters. The van der Waals surface area contributed by atoms with Gasteiger partial charge in [0, 0.05) is 25.7 Å². The van der Waals surface area contributed by atoms with E-state index in [0.717, 1.165) is 50.6 Å². The molecule has 1 amide bonds. The third-order valence-electron chi connectivity index (χ3n) is 7.86. The lowest BCUT2D eigenvalue weighted by molar-refractivity contribution is -0.395. The highest BCUT2D eigenvalue weighted by molar-refractivity contribution is 7.32. The molecule has 0 aliphatic carbocycles. The van der Waals surface area contributed by atoms with Crippen LogP contribution in [0, 0.1) is 20.2 Å². The van der Waals surface area contributed by atoms with Gasteiger partial charge in [-0.25, -0.2) is 4.57 Å². The monoisotopic (exact) mass is 676 g/mol. The molecular formula is C32H49N6O8P. The van der Waals surface area contributed by atoms with Crippen molar-refractivity contribution >= 4 is 48.3 Å². The fourth-order valence-corrected chi connectivity index (χ4v) is 5.97. The highest BCUT2D eigenvalue weighted by atomic mass is 31.1. The Labute approximate surface area is 277 Å². The molecule has 2 aromatic rings. The minimum absolute atomic E-state index is 0.0130. The molecule has 0 fully saturated rings. The van der Waals surface area contributed by atoms with Gasteiger partial charge in [0.2, 0.25) is 11.6 Å². The van der Waals surface area contributed by atoms with Crippen LogP contribution < -0.4 is 14.7 Å². The number of rotatable bonds is 22. The molecule has 0 saturated heterocycles. The van der Waals surface area contributed by atoms with Crippen molar-refractivity contribution in [1.29, 1.82) is 0 Å².